The Morgan fingerprint density at radius 2 is 2.33 bits per heavy atom. The first-order valence-electron chi connectivity index (χ1n) is 4.59. The zero-order chi connectivity index (χ0) is 10.5. The van der Waals surface area contributed by atoms with E-state index >= 15 is 0 Å². The van der Waals surface area contributed by atoms with Gasteiger partial charge in [-0.1, -0.05) is 6.07 Å². The second-order valence-corrected chi connectivity index (χ2v) is 3.93. The topological polar surface area (TPSA) is 37.8 Å². The Kier molecular flexibility index (Phi) is 3.24. The molecule has 0 unspecified atom stereocenters. The van der Waals surface area contributed by atoms with Crippen LogP contribution in [0.5, 0.6) is 0 Å². The predicted octanol–water partition coefficient (Wildman–Crippen LogP) is 2.33. The molecule has 2 aromatic rings. The minimum atomic E-state index is -0.464. The van der Waals surface area contributed by atoms with Gasteiger partial charge in [0, 0.05) is 24.5 Å². The zero-order valence-corrected chi connectivity index (χ0v) is 8.80. The summed E-state index contributed by atoms with van der Waals surface area (Å²) in [5.74, 6) is 0.0980. The van der Waals surface area contributed by atoms with E-state index < -0.39 is 5.95 Å². The van der Waals surface area contributed by atoms with Gasteiger partial charge in [-0.3, -0.25) is 0 Å². The molecule has 3 nitrogen and oxygen atoms in total. The molecular formula is C10H10FN3S. The van der Waals surface area contributed by atoms with E-state index in [1.165, 1.54) is 6.07 Å². The van der Waals surface area contributed by atoms with Crippen LogP contribution in [0.25, 0.3) is 0 Å². The van der Waals surface area contributed by atoms with E-state index in [9.17, 15) is 4.39 Å². The Morgan fingerprint density at radius 1 is 1.40 bits per heavy atom. The Hall–Kier alpha value is -1.49. The molecule has 0 aliphatic rings. The molecule has 0 saturated heterocycles. The van der Waals surface area contributed by atoms with Crippen LogP contribution in [0.4, 0.5) is 10.2 Å². The molecule has 5 heteroatoms. The second-order valence-electron chi connectivity index (χ2n) is 2.95. The Bertz CT molecular complexity index is 416. The average molecular weight is 223 g/mol. The van der Waals surface area contributed by atoms with Gasteiger partial charge in [0.25, 0.3) is 0 Å². The van der Waals surface area contributed by atoms with Crippen molar-refractivity contribution in [1.82, 2.24) is 9.97 Å². The molecule has 2 aromatic heterocycles. The molecule has 0 radical (unpaired) electrons. The molecule has 0 saturated carbocycles. The SMILES string of the molecule is Fc1cccc(NCCc2nccs2)n1. The van der Waals surface area contributed by atoms with Gasteiger partial charge in [-0.05, 0) is 12.1 Å². The number of aromatic nitrogens is 2. The summed E-state index contributed by atoms with van der Waals surface area (Å²) in [6, 6.07) is 4.70. The second kappa shape index (κ2) is 4.84. The van der Waals surface area contributed by atoms with Crippen molar-refractivity contribution in [3.63, 3.8) is 0 Å². The minimum absolute atomic E-state index is 0.464. The summed E-state index contributed by atoms with van der Waals surface area (Å²) in [5.41, 5.74) is 0. The van der Waals surface area contributed by atoms with Gasteiger partial charge in [0.1, 0.15) is 5.82 Å². The molecule has 78 valence electrons. The summed E-state index contributed by atoms with van der Waals surface area (Å²) >= 11 is 1.62. The largest absolute Gasteiger partial charge is 0.370 e. The summed E-state index contributed by atoms with van der Waals surface area (Å²) in [4.78, 5) is 7.85. The molecule has 15 heavy (non-hydrogen) atoms. The number of pyridine rings is 1. The smallest absolute Gasteiger partial charge is 0.214 e. The fraction of sp³-hybridized carbons (Fsp3) is 0.200. The number of nitrogens with zero attached hydrogens (tertiary/aromatic N) is 2. The lowest BCUT2D eigenvalue weighted by Crippen LogP contribution is -2.06. The number of rotatable bonds is 4. The molecule has 0 bridgehead atoms. The molecule has 0 aliphatic heterocycles. The van der Waals surface area contributed by atoms with Gasteiger partial charge in [-0.2, -0.15) is 4.39 Å². The quantitative estimate of drug-likeness (QED) is 0.808. The van der Waals surface area contributed by atoms with Gasteiger partial charge in [0.05, 0.1) is 5.01 Å². The van der Waals surface area contributed by atoms with Gasteiger partial charge in [0.15, 0.2) is 0 Å². The maximum absolute atomic E-state index is 12.7. The third-order valence-electron chi connectivity index (χ3n) is 1.84. The number of anilines is 1. The summed E-state index contributed by atoms with van der Waals surface area (Å²) in [7, 11) is 0. The van der Waals surface area contributed by atoms with E-state index in [2.05, 4.69) is 15.3 Å². The molecule has 2 heterocycles. The molecule has 0 aromatic carbocycles. The van der Waals surface area contributed by atoms with Crippen LogP contribution in [0.15, 0.2) is 29.8 Å². The van der Waals surface area contributed by atoms with Crippen molar-refractivity contribution in [2.75, 3.05) is 11.9 Å². The van der Waals surface area contributed by atoms with Crippen LogP contribution in [0.3, 0.4) is 0 Å². The van der Waals surface area contributed by atoms with Crippen molar-refractivity contribution >= 4 is 17.2 Å². The third-order valence-corrected chi connectivity index (χ3v) is 2.68. The predicted molar refractivity (Wildman–Crippen MR) is 58.5 cm³/mol. The molecule has 2 rings (SSSR count). The Labute approximate surface area is 91.0 Å². The maximum Gasteiger partial charge on any atom is 0.214 e. The maximum atomic E-state index is 12.7. The highest BCUT2D eigenvalue weighted by atomic mass is 32.1. The van der Waals surface area contributed by atoms with Crippen molar-refractivity contribution < 1.29 is 4.39 Å². The Morgan fingerprint density at radius 3 is 3.07 bits per heavy atom. The van der Waals surface area contributed by atoms with Crippen molar-refractivity contribution in [1.29, 1.82) is 0 Å². The summed E-state index contributed by atoms with van der Waals surface area (Å²) in [5, 5.41) is 6.05. The van der Waals surface area contributed by atoms with E-state index in [0.29, 0.717) is 12.4 Å². The van der Waals surface area contributed by atoms with Crippen LogP contribution in [0, 0.1) is 5.95 Å². The number of hydrogen-bond acceptors (Lipinski definition) is 4. The van der Waals surface area contributed by atoms with Gasteiger partial charge >= 0.3 is 0 Å². The lowest BCUT2D eigenvalue weighted by molar-refractivity contribution is 0.585. The van der Waals surface area contributed by atoms with Crippen molar-refractivity contribution in [2.24, 2.45) is 0 Å². The molecular weight excluding hydrogens is 213 g/mol. The molecule has 1 N–H and O–H groups in total. The van der Waals surface area contributed by atoms with Crippen LogP contribution in [-0.2, 0) is 6.42 Å². The highest BCUT2D eigenvalue weighted by molar-refractivity contribution is 7.09. The summed E-state index contributed by atoms with van der Waals surface area (Å²) in [6.07, 6.45) is 2.61. The van der Waals surface area contributed by atoms with Crippen molar-refractivity contribution in [3.8, 4) is 0 Å². The van der Waals surface area contributed by atoms with Crippen LogP contribution in [0.2, 0.25) is 0 Å². The highest BCUT2D eigenvalue weighted by Gasteiger charge is 1.97. The average Bonchev–Trinajstić information content (AvgIpc) is 2.71. The van der Waals surface area contributed by atoms with E-state index in [0.717, 1.165) is 11.4 Å². The van der Waals surface area contributed by atoms with Gasteiger partial charge in [-0.15, -0.1) is 11.3 Å². The first-order valence-corrected chi connectivity index (χ1v) is 5.47. The monoisotopic (exact) mass is 223 g/mol. The molecule has 0 spiro atoms. The molecule has 0 aliphatic carbocycles. The van der Waals surface area contributed by atoms with Crippen LogP contribution in [0.1, 0.15) is 5.01 Å². The van der Waals surface area contributed by atoms with Gasteiger partial charge in [0.2, 0.25) is 5.95 Å². The molecule has 0 amide bonds. The lowest BCUT2D eigenvalue weighted by Gasteiger charge is -2.03. The summed E-state index contributed by atoms with van der Waals surface area (Å²) in [6.45, 7) is 0.712. The first kappa shape index (κ1) is 10.0. The Balaban J connectivity index is 1.83. The van der Waals surface area contributed by atoms with E-state index in [1.807, 2.05) is 5.38 Å². The van der Waals surface area contributed by atoms with E-state index in [-0.39, 0.29) is 0 Å². The number of thiazole rings is 1. The number of halogens is 1. The van der Waals surface area contributed by atoms with E-state index in [4.69, 9.17) is 0 Å². The third kappa shape index (κ3) is 2.99. The zero-order valence-electron chi connectivity index (χ0n) is 7.98. The van der Waals surface area contributed by atoms with Crippen molar-refractivity contribution in [2.45, 2.75) is 6.42 Å². The summed E-state index contributed by atoms with van der Waals surface area (Å²) < 4.78 is 12.7. The van der Waals surface area contributed by atoms with Crippen LogP contribution in [-0.4, -0.2) is 16.5 Å². The standard InChI is InChI=1S/C10H10FN3S/c11-8-2-1-3-9(14-8)12-5-4-10-13-6-7-15-10/h1-3,6-7H,4-5H2,(H,12,14). The van der Waals surface area contributed by atoms with Crippen molar-refractivity contribution in [3.05, 3.63) is 40.7 Å². The van der Waals surface area contributed by atoms with Gasteiger partial charge in [-0.25, -0.2) is 9.97 Å². The number of hydrogen-bond donors (Lipinski definition) is 1. The minimum Gasteiger partial charge on any atom is -0.370 e. The fourth-order valence-corrected chi connectivity index (χ4v) is 1.80. The fourth-order valence-electron chi connectivity index (χ4n) is 1.18. The molecule has 0 fully saturated rings. The van der Waals surface area contributed by atoms with Gasteiger partial charge < -0.3 is 5.32 Å². The lowest BCUT2D eigenvalue weighted by atomic mass is 10.4. The molecule has 0 atom stereocenters. The highest BCUT2D eigenvalue weighted by Crippen LogP contribution is 2.06. The normalized spacial score (nSPS) is 10.2. The first-order chi connectivity index (χ1) is 7.34. The number of nitrogens with one attached hydrogen (secondary N) is 1. The van der Waals surface area contributed by atoms with E-state index in [1.54, 1.807) is 29.7 Å². The van der Waals surface area contributed by atoms with Crippen LogP contribution >= 0.6 is 11.3 Å². The van der Waals surface area contributed by atoms with Crippen LogP contribution < -0.4 is 5.32 Å².